The summed E-state index contributed by atoms with van der Waals surface area (Å²) in [5, 5.41) is 10.2. The van der Waals surface area contributed by atoms with Gasteiger partial charge in [-0.3, -0.25) is 9.59 Å². The Morgan fingerprint density at radius 1 is 1.24 bits per heavy atom. The maximum absolute atomic E-state index is 12.4. The van der Waals surface area contributed by atoms with Gasteiger partial charge >= 0.3 is 5.97 Å². The molecular formula is C16H18N2O3. The smallest absolute Gasteiger partial charge is 0.308 e. The van der Waals surface area contributed by atoms with E-state index in [4.69, 9.17) is 5.11 Å². The van der Waals surface area contributed by atoms with Gasteiger partial charge in [-0.05, 0) is 23.4 Å². The Morgan fingerprint density at radius 2 is 2.00 bits per heavy atom. The van der Waals surface area contributed by atoms with Crippen LogP contribution < -0.4 is 0 Å². The van der Waals surface area contributed by atoms with Gasteiger partial charge in [0.1, 0.15) is 6.54 Å². The van der Waals surface area contributed by atoms with Crippen molar-refractivity contribution in [1.82, 2.24) is 9.47 Å². The van der Waals surface area contributed by atoms with Gasteiger partial charge in [-0.25, -0.2) is 0 Å². The van der Waals surface area contributed by atoms with Crippen molar-refractivity contribution in [2.75, 3.05) is 13.1 Å². The van der Waals surface area contributed by atoms with Gasteiger partial charge < -0.3 is 14.6 Å². The SMILES string of the molecule is C[C@@H]1CN(C(=O)Cn2ccc3ccccc32)C[C@H]1C(=O)O. The van der Waals surface area contributed by atoms with Crippen LogP contribution in [0.2, 0.25) is 0 Å². The quantitative estimate of drug-likeness (QED) is 0.936. The van der Waals surface area contributed by atoms with E-state index < -0.39 is 11.9 Å². The number of para-hydroxylation sites is 1. The summed E-state index contributed by atoms with van der Waals surface area (Å²) < 4.78 is 1.91. The number of aliphatic carboxylic acids is 1. The number of aromatic nitrogens is 1. The van der Waals surface area contributed by atoms with Crippen LogP contribution in [-0.4, -0.2) is 39.5 Å². The van der Waals surface area contributed by atoms with Crippen LogP contribution in [0.15, 0.2) is 36.5 Å². The highest BCUT2D eigenvalue weighted by atomic mass is 16.4. The van der Waals surface area contributed by atoms with Gasteiger partial charge in [-0.1, -0.05) is 25.1 Å². The molecule has 1 aliphatic rings. The van der Waals surface area contributed by atoms with E-state index in [9.17, 15) is 9.59 Å². The van der Waals surface area contributed by atoms with Gasteiger partial charge in [0.15, 0.2) is 0 Å². The minimum Gasteiger partial charge on any atom is -0.481 e. The molecule has 0 unspecified atom stereocenters. The van der Waals surface area contributed by atoms with Gasteiger partial charge in [0.25, 0.3) is 0 Å². The first-order valence-corrected chi connectivity index (χ1v) is 7.10. The lowest BCUT2D eigenvalue weighted by atomic mass is 9.99. The summed E-state index contributed by atoms with van der Waals surface area (Å²) in [6.07, 6.45) is 1.90. The zero-order valence-corrected chi connectivity index (χ0v) is 11.9. The number of hydrogen-bond acceptors (Lipinski definition) is 2. The third kappa shape index (κ3) is 2.51. The number of hydrogen-bond donors (Lipinski definition) is 1. The number of carbonyl (C=O) groups excluding carboxylic acids is 1. The first kappa shape index (κ1) is 13.7. The highest BCUT2D eigenvalue weighted by molar-refractivity contribution is 5.84. The molecule has 3 rings (SSSR count). The number of carbonyl (C=O) groups is 2. The number of carboxylic acid groups (broad SMARTS) is 1. The average molecular weight is 286 g/mol. The fourth-order valence-corrected chi connectivity index (χ4v) is 3.02. The van der Waals surface area contributed by atoms with Gasteiger partial charge in [0.05, 0.1) is 5.92 Å². The second-order valence-electron chi connectivity index (χ2n) is 5.72. The summed E-state index contributed by atoms with van der Waals surface area (Å²) in [5.74, 6) is -1.28. The van der Waals surface area contributed by atoms with Crippen LogP contribution in [0, 0.1) is 11.8 Å². The average Bonchev–Trinajstić information content (AvgIpc) is 3.03. The largest absolute Gasteiger partial charge is 0.481 e. The molecule has 1 saturated heterocycles. The minimum absolute atomic E-state index is 0.00727. The third-order valence-electron chi connectivity index (χ3n) is 4.27. The second kappa shape index (κ2) is 5.24. The van der Waals surface area contributed by atoms with E-state index in [1.807, 2.05) is 48.0 Å². The zero-order valence-electron chi connectivity index (χ0n) is 11.9. The van der Waals surface area contributed by atoms with Gasteiger partial charge in [0, 0.05) is 24.8 Å². The maximum Gasteiger partial charge on any atom is 0.308 e. The molecule has 21 heavy (non-hydrogen) atoms. The van der Waals surface area contributed by atoms with Crippen molar-refractivity contribution >= 4 is 22.8 Å². The molecule has 5 heteroatoms. The molecule has 0 saturated carbocycles. The summed E-state index contributed by atoms with van der Waals surface area (Å²) in [6.45, 7) is 2.98. The van der Waals surface area contributed by atoms with E-state index in [-0.39, 0.29) is 18.4 Å². The molecule has 1 aromatic heterocycles. The molecular weight excluding hydrogens is 268 g/mol. The summed E-state index contributed by atoms with van der Waals surface area (Å²) in [7, 11) is 0. The topological polar surface area (TPSA) is 62.5 Å². The number of carboxylic acids is 1. The number of benzene rings is 1. The lowest BCUT2D eigenvalue weighted by Crippen LogP contribution is -2.32. The number of nitrogens with zero attached hydrogens (tertiary/aromatic N) is 2. The highest BCUT2D eigenvalue weighted by Gasteiger charge is 2.36. The van der Waals surface area contributed by atoms with Gasteiger partial charge in [0.2, 0.25) is 5.91 Å². The Morgan fingerprint density at radius 3 is 2.71 bits per heavy atom. The highest BCUT2D eigenvalue weighted by Crippen LogP contribution is 2.24. The van der Waals surface area contributed by atoms with Crippen LogP contribution >= 0.6 is 0 Å². The van der Waals surface area contributed by atoms with Crippen LogP contribution in [0.5, 0.6) is 0 Å². The standard InChI is InChI=1S/C16H18N2O3/c1-11-8-18(9-13(11)16(20)21)15(19)10-17-7-6-12-4-2-3-5-14(12)17/h2-7,11,13H,8-10H2,1H3,(H,20,21)/t11-,13-/m1/s1. The molecule has 0 bridgehead atoms. The molecule has 2 heterocycles. The molecule has 2 aromatic rings. The predicted octanol–water partition coefficient (Wildman–Crippen LogP) is 1.82. The van der Waals surface area contributed by atoms with Crippen LogP contribution in [0.3, 0.4) is 0 Å². The molecule has 5 nitrogen and oxygen atoms in total. The summed E-state index contributed by atoms with van der Waals surface area (Å²) in [4.78, 5) is 25.2. The van der Waals surface area contributed by atoms with Crippen molar-refractivity contribution < 1.29 is 14.7 Å². The second-order valence-corrected chi connectivity index (χ2v) is 5.72. The molecule has 1 fully saturated rings. The normalized spacial score (nSPS) is 21.9. The first-order valence-electron chi connectivity index (χ1n) is 7.10. The fraction of sp³-hybridized carbons (Fsp3) is 0.375. The molecule has 1 N–H and O–H groups in total. The van der Waals surface area contributed by atoms with Gasteiger partial charge in [-0.15, -0.1) is 0 Å². The Bertz CT molecular complexity index is 692. The molecule has 110 valence electrons. The summed E-state index contributed by atoms with van der Waals surface area (Å²) in [6, 6.07) is 9.88. The predicted molar refractivity (Wildman–Crippen MR) is 78.8 cm³/mol. The van der Waals surface area contributed by atoms with Crippen molar-refractivity contribution in [2.45, 2.75) is 13.5 Å². The summed E-state index contributed by atoms with van der Waals surface area (Å²) in [5.41, 5.74) is 1.02. The monoisotopic (exact) mass is 286 g/mol. The van der Waals surface area contributed by atoms with Crippen LogP contribution in [0.4, 0.5) is 0 Å². The number of amides is 1. The molecule has 1 aromatic carbocycles. The van der Waals surface area contributed by atoms with Crippen molar-refractivity contribution in [2.24, 2.45) is 11.8 Å². The molecule has 0 aliphatic carbocycles. The van der Waals surface area contributed by atoms with Crippen LogP contribution in [-0.2, 0) is 16.1 Å². The van der Waals surface area contributed by atoms with Crippen molar-refractivity contribution in [1.29, 1.82) is 0 Å². The lowest BCUT2D eigenvalue weighted by Gasteiger charge is -2.16. The maximum atomic E-state index is 12.4. The van der Waals surface area contributed by atoms with Gasteiger partial charge in [-0.2, -0.15) is 0 Å². The van der Waals surface area contributed by atoms with E-state index in [1.165, 1.54) is 0 Å². The Balaban J connectivity index is 1.74. The first-order chi connectivity index (χ1) is 10.1. The lowest BCUT2D eigenvalue weighted by molar-refractivity contribution is -0.142. The van der Waals surface area contributed by atoms with E-state index in [0.717, 1.165) is 10.9 Å². The summed E-state index contributed by atoms with van der Waals surface area (Å²) >= 11 is 0. The van der Waals surface area contributed by atoms with Crippen LogP contribution in [0.25, 0.3) is 10.9 Å². The van der Waals surface area contributed by atoms with Crippen molar-refractivity contribution in [3.8, 4) is 0 Å². The van der Waals surface area contributed by atoms with E-state index in [1.54, 1.807) is 4.90 Å². The van der Waals surface area contributed by atoms with Crippen LogP contribution in [0.1, 0.15) is 6.92 Å². The molecule has 0 spiro atoms. The Kier molecular flexibility index (Phi) is 3.41. The number of rotatable bonds is 3. The Labute approximate surface area is 122 Å². The van der Waals surface area contributed by atoms with E-state index in [2.05, 4.69) is 0 Å². The molecule has 2 atom stereocenters. The minimum atomic E-state index is -0.816. The van der Waals surface area contributed by atoms with E-state index in [0.29, 0.717) is 13.1 Å². The van der Waals surface area contributed by atoms with E-state index >= 15 is 0 Å². The molecule has 1 aliphatic heterocycles. The third-order valence-corrected chi connectivity index (χ3v) is 4.27. The molecule has 0 radical (unpaired) electrons. The Hall–Kier alpha value is -2.30. The molecule has 1 amide bonds. The number of fused-ring (bicyclic) bond motifs is 1. The zero-order chi connectivity index (χ0) is 15.0. The fourth-order valence-electron chi connectivity index (χ4n) is 3.02. The number of likely N-dealkylation sites (tertiary alicyclic amines) is 1. The van der Waals surface area contributed by atoms with Crippen molar-refractivity contribution in [3.05, 3.63) is 36.5 Å². The van der Waals surface area contributed by atoms with Crippen molar-refractivity contribution in [3.63, 3.8) is 0 Å².